The Morgan fingerprint density at radius 1 is 0.860 bits per heavy atom. The maximum Gasteiger partial charge on any atom is 0.306 e. The van der Waals surface area contributed by atoms with Gasteiger partial charge < -0.3 is 24.9 Å². The number of aliphatic hydroxyl groups is 1. The number of benzene rings is 4. The number of hydrogen-bond donors (Lipinski definition) is 3. The van der Waals surface area contributed by atoms with E-state index < -0.39 is 30.0 Å². The molecule has 222 valence electrons. The predicted octanol–water partition coefficient (Wildman–Crippen LogP) is 6.28. The fraction of sp³-hybridized carbons (Fsp3) is 0.206. The van der Waals surface area contributed by atoms with Gasteiger partial charge in [-0.25, -0.2) is 4.39 Å². The van der Waals surface area contributed by atoms with Crippen molar-refractivity contribution in [2.75, 3.05) is 19.7 Å². The van der Waals surface area contributed by atoms with Crippen LogP contribution in [0.4, 0.5) is 13.2 Å². The van der Waals surface area contributed by atoms with Crippen LogP contribution in [0.25, 0.3) is 10.9 Å². The SMILES string of the molecule is O=c1ccc2c([C@@H](O)CNCCc3ccc(OCC(F)(F)c4cccc(F)c4)cc3)ccc(OCc3ccccc3)c2[nH]1. The van der Waals surface area contributed by atoms with Gasteiger partial charge in [0.2, 0.25) is 5.56 Å². The van der Waals surface area contributed by atoms with Gasteiger partial charge >= 0.3 is 5.92 Å². The van der Waals surface area contributed by atoms with E-state index in [0.717, 1.165) is 23.3 Å². The minimum atomic E-state index is -3.33. The molecule has 4 aromatic carbocycles. The Morgan fingerprint density at radius 3 is 2.42 bits per heavy atom. The van der Waals surface area contributed by atoms with Crippen LogP contribution in [0.5, 0.6) is 11.5 Å². The van der Waals surface area contributed by atoms with E-state index in [1.54, 1.807) is 42.5 Å². The van der Waals surface area contributed by atoms with Crippen LogP contribution in [0.2, 0.25) is 0 Å². The van der Waals surface area contributed by atoms with Crippen LogP contribution >= 0.6 is 0 Å². The zero-order valence-corrected chi connectivity index (χ0v) is 23.2. The number of nitrogens with one attached hydrogen (secondary N) is 2. The lowest BCUT2D eigenvalue weighted by molar-refractivity contribution is -0.0469. The van der Waals surface area contributed by atoms with Crippen molar-refractivity contribution in [3.8, 4) is 11.5 Å². The second kappa shape index (κ2) is 13.6. The summed E-state index contributed by atoms with van der Waals surface area (Å²) in [4.78, 5) is 14.9. The van der Waals surface area contributed by atoms with Crippen LogP contribution in [-0.2, 0) is 19.0 Å². The third kappa shape index (κ3) is 7.82. The summed E-state index contributed by atoms with van der Waals surface area (Å²) in [5, 5.41) is 14.9. The Morgan fingerprint density at radius 2 is 1.65 bits per heavy atom. The molecule has 5 rings (SSSR count). The van der Waals surface area contributed by atoms with Crippen LogP contribution in [0.3, 0.4) is 0 Å². The molecule has 5 aromatic rings. The van der Waals surface area contributed by atoms with Crippen molar-refractivity contribution in [1.82, 2.24) is 10.3 Å². The molecular weight excluding hydrogens is 557 g/mol. The fourth-order valence-electron chi connectivity index (χ4n) is 4.70. The Bertz CT molecular complexity index is 1710. The van der Waals surface area contributed by atoms with E-state index in [0.29, 0.717) is 41.8 Å². The molecule has 0 bridgehead atoms. The van der Waals surface area contributed by atoms with Gasteiger partial charge in [-0.05, 0) is 66.1 Å². The molecule has 3 N–H and O–H groups in total. The summed E-state index contributed by atoms with van der Waals surface area (Å²) in [6, 6.07) is 27.4. The molecular formula is C34H31F3N2O4. The Kier molecular flexibility index (Phi) is 9.44. The van der Waals surface area contributed by atoms with Gasteiger partial charge in [0.25, 0.3) is 0 Å². The molecule has 9 heteroatoms. The van der Waals surface area contributed by atoms with Crippen molar-refractivity contribution in [3.63, 3.8) is 0 Å². The Balaban J connectivity index is 1.13. The van der Waals surface area contributed by atoms with Crippen molar-refractivity contribution in [1.29, 1.82) is 0 Å². The fourth-order valence-corrected chi connectivity index (χ4v) is 4.70. The third-order valence-electron chi connectivity index (χ3n) is 7.01. The van der Waals surface area contributed by atoms with Crippen LogP contribution in [0, 0.1) is 5.82 Å². The monoisotopic (exact) mass is 588 g/mol. The largest absolute Gasteiger partial charge is 0.487 e. The van der Waals surface area contributed by atoms with Crippen LogP contribution in [0.15, 0.2) is 108 Å². The van der Waals surface area contributed by atoms with Crippen LogP contribution in [-0.4, -0.2) is 29.8 Å². The van der Waals surface area contributed by atoms with Gasteiger partial charge in [-0.1, -0.05) is 60.7 Å². The number of ether oxygens (including phenoxy) is 2. The van der Waals surface area contributed by atoms with E-state index in [-0.39, 0.29) is 17.9 Å². The van der Waals surface area contributed by atoms with Gasteiger partial charge in [0.05, 0.1) is 11.6 Å². The van der Waals surface area contributed by atoms with Gasteiger partial charge in [0.1, 0.15) is 23.9 Å². The van der Waals surface area contributed by atoms with E-state index in [1.165, 1.54) is 18.2 Å². The summed E-state index contributed by atoms with van der Waals surface area (Å²) in [7, 11) is 0. The number of hydrogen-bond acceptors (Lipinski definition) is 5. The zero-order valence-electron chi connectivity index (χ0n) is 23.2. The standard InChI is InChI=1S/C34H31F3N2O4/c35-26-8-4-7-25(19-26)34(36,37)22-43-27-11-9-23(10-12-27)17-18-38-20-30(40)28-13-15-31(33-29(28)14-16-32(41)39-33)42-21-24-5-2-1-3-6-24/h1-16,19,30,38,40H,17-18,20-22H2,(H,39,41)/t30-/m0/s1. The predicted molar refractivity (Wildman–Crippen MR) is 159 cm³/mol. The first-order chi connectivity index (χ1) is 20.8. The lowest BCUT2D eigenvalue weighted by atomic mass is 10.0. The maximum atomic E-state index is 14.4. The molecule has 0 aliphatic rings. The topological polar surface area (TPSA) is 83.6 Å². The molecule has 0 aliphatic heterocycles. The molecule has 1 heterocycles. The normalized spacial score (nSPS) is 12.3. The van der Waals surface area contributed by atoms with E-state index in [9.17, 15) is 23.1 Å². The summed E-state index contributed by atoms with van der Waals surface area (Å²) in [5.41, 5.74) is 2.42. The van der Waals surface area contributed by atoms with E-state index in [4.69, 9.17) is 9.47 Å². The maximum absolute atomic E-state index is 14.4. The molecule has 0 saturated heterocycles. The van der Waals surface area contributed by atoms with Gasteiger partial charge in [-0.15, -0.1) is 0 Å². The van der Waals surface area contributed by atoms with E-state index in [2.05, 4.69) is 10.3 Å². The van der Waals surface area contributed by atoms with E-state index in [1.807, 2.05) is 30.3 Å². The first-order valence-electron chi connectivity index (χ1n) is 13.9. The van der Waals surface area contributed by atoms with Crippen molar-refractivity contribution in [2.24, 2.45) is 0 Å². The molecule has 0 saturated carbocycles. The Hall–Kier alpha value is -4.60. The second-order valence-electron chi connectivity index (χ2n) is 10.2. The lowest BCUT2D eigenvalue weighted by Gasteiger charge is -2.18. The van der Waals surface area contributed by atoms with Crippen molar-refractivity contribution in [3.05, 3.63) is 142 Å². The highest BCUT2D eigenvalue weighted by Crippen LogP contribution is 2.31. The first-order valence-corrected chi connectivity index (χ1v) is 13.9. The van der Waals surface area contributed by atoms with Crippen LogP contribution in [0.1, 0.15) is 28.4 Å². The highest BCUT2D eigenvalue weighted by Gasteiger charge is 2.33. The van der Waals surface area contributed by atoms with Gasteiger partial charge in [0.15, 0.2) is 6.61 Å². The summed E-state index contributed by atoms with van der Waals surface area (Å²) < 4.78 is 53.3. The smallest absolute Gasteiger partial charge is 0.306 e. The molecule has 43 heavy (non-hydrogen) atoms. The molecule has 6 nitrogen and oxygen atoms in total. The molecule has 1 atom stereocenters. The molecule has 0 amide bonds. The number of aromatic nitrogens is 1. The van der Waals surface area contributed by atoms with Crippen LogP contribution < -0.4 is 20.3 Å². The highest BCUT2D eigenvalue weighted by molar-refractivity contribution is 5.87. The average Bonchev–Trinajstić information content (AvgIpc) is 3.02. The summed E-state index contributed by atoms with van der Waals surface area (Å²) >= 11 is 0. The lowest BCUT2D eigenvalue weighted by Crippen LogP contribution is -2.24. The molecule has 0 spiro atoms. The minimum Gasteiger partial charge on any atom is -0.487 e. The second-order valence-corrected chi connectivity index (χ2v) is 10.2. The summed E-state index contributed by atoms with van der Waals surface area (Å²) in [5.74, 6) is -3.26. The third-order valence-corrected chi connectivity index (χ3v) is 7.01. The number of rotatable bonds is 13. The number of aliphatic hydroxyl groups excluding tert-OH is 1. The minimum absolute atomic E-state index is 0.265. The molecule has 0 aliphatic carbocycles. The van der Waals surface area contributed by atoms with Gasteiger partial charge in [0, 0.05) is 23.6 Å². The van der Waals surface area contributed by atoms with Crippen molar-refractivity contribution >= 4 is 10.9 Å². The Labute approximate surface area is 246 Å². The number of aromatic amines is 1. The molecule has 0 fully saturated rings. The average molecular weight is 589 g/mol. The number of alkyl halides is 2. The van der Waals surface area contributed by atoms with Gasteiger partial charge in [-0.3, -0.25) is 4.79 Å². The van der Waals surface area contributed by atoms with E-state index >= 15 is 0 Å². The molecule has 0 radical (unpaired) electrons. The molecule has 1 aromatic heterocycles. The number of H-pyrrole nitrogens is 1. The number of pyridine rings is 1. The van der Waals surface area contributed by atoms with Gasteiger partial charge in [-0.2, -0.15) is 8.78 Å². The number of fused-ring (bicyclic) bond motifs is 1. The zero-order chi connectivity index (χ0) is 30.2. The van der Waals surface area contributed by atoms with Crippen molar-refractivity contribution < 1.29 is 27.8 Å². The first kappa shape index (κ1) is 29.9. The summed E-state index contributed by atoms with van der Waals surface area (Å²) in [6.07, 6.45) is -0.209. The van der Waals surface area contributed by atoms with Crippen molar-refractivity contribution in [2.45, 2.75) is 25.1 Å². The highest BCUT2D eigenvalue weighted by atomic mass is 19.3. The number of halogens is 3. The molecule has 0 unspecified atom stereocenters. The quantitative estimate of drug-likeness (QED) is 0.141. The summed E-state index contributed by atoms with van der Waals surface area (Å²) in [6.45, 7) is 0.263.